The van der Waals surface area contributed by atoms with E-state index in [2.05, 4.69) is 11.7 Å². The number of hydrogen-bond donors (Lipinski definition) is 0. The lowest BCUT2D eigenvalue weighted by atomic mass is 10.0. The zero-order chi connectivity index (χ0) is 11.0. The number of carbonyl (C=O) groups is 2. The second-order valence-corrected chi connectivity index (χ2v) is 3.66. The Morgan fingerprint density at radius 2 is 1.86 bits per heavy atom. The van der Waals surface area contributed by atoms with Gasteiger partial charge in [0, 0.05) is 6.92 Å². The maximum atomic E-state index is 11.2. The fraction of sp³-hybridized carbons (Fsp3) is 0.818. The van der Waals surface area contributed by atoms with E-state index in [0.29, 0.717) is 0 Å². The zero-order valence-corrected chi connectivity index (χ0v) is 9.34. The summed E-state index contributed by atoms with van der Waals surface area (Å²) in [6.45, 7) is 5.20. The summed E-state index contributed by atoms with van der Waals surface area (Å²) in [6, 6.07) is 0. The summed E-state index contributed by atoms with van der Waals surface area (Å²) in [6.07, 6.45) is 5.38. The maximum absolute atomic E-state index is 11.2. The van der Waals surface area contributed by atoms with Crippen LogP contribution in [-0.4, -0.2) is 11.9 Å². The van der Waals surface area contributed by atoms with E-state index >= 15 is 0 Å². The second kappa shape index (κ2) is 7.54. The highest BCUT2D eigenvalue weighted by Crippen LogP contribution is 2.11. The number of hydrogen-bond acceptors (Lipinski definition) is 3. The molecule has 14 heavy (non-hydrogen) atoms. The third kappa shape index (κ3) is 6.63. The molecule has 0 aromatic heterocycles. The molecule has 82 valence electrons. The van der Waals surface area contributed by atoms with Crippen LogP contribution >= 0.6 is 0 Å². The highest BCUT2D eigenvalue weighted by Gasteiger charge is 2.15. The highest BCUT2D eigenvalue weighted by molar-refractivity contribution is 5.85. The molecule has 0 saturated carbocycles. The van der Waals surface area contributed by atoms with Crippen molar-refractivity contribution in [2.24, 2.45) is 5.92 Å². The van der Waals surface area contributed by atoms with E-state index in [-0.39, 0.29) is 5.92 Å². The van der Waals surface area contributed by atoms with Crippen molar-refractivity contribution in [3.05, 3.63) is 0 Å². The van der Waals surface area contributed by atoms with Crippen LogP contribution in [0.3, 0.4) is 0 Å². The van der Waals surface area contributed by atoms with Crippen LogP contribution in [-0.2, 0) is 14.3 Å². The van der Waals surface area contributed by atoms with Crippen LogP contribution in [0.2, 0.25) is 0 Å². The molecule has 0 aliphatic rings. The minimum atomic E-state index is -0.518. The van der Waals surface area contributed by atoms with Gasteiger partial charge in [0.1, 0.15) is 0 Å². The Labute approximate surface area is 85.8 Å². The van der Waals surface area contributed by atoms with Crippen LogP contribution in [0.1, 0.15) is 52.9 Å². The van der Waals surface area contributed by atoms with E-state index in [1.165, 1.54) is 19.8 Å². The van der Waals surface area contributed by atoms with Crippen molar-refractivity contribution in [2.45, 2.75) is 52.9 Å². The first-order chi connectivity index (χ1) is 6.57. The number of rotatable bonds is 6. The first-order valence-corrected chi connectivity index (χ1v) is 5.30. The molecule has 0 radical (unpaired) electrons. The average Bonchev–Trinajstić information content (AvgIpc) is 2.11. The van der Waals surface area contributed by atoms with E-state index in [1.807, 2.05) is 0 Å². The van der Waals surface area contributed by atoms with Gasteiger partial charge in [0.05, 0.1) is 5.92 Å². The van der Waals surface area contributed by atoms with Crippen LogP contribution < -0.4 is 0 Å². The third-order valence-electron chi connectivity index (χ3n) is 2.14. The van der Waals surface area contributed by atoms with Gasteiger partial charge in [-0.3, -0.25) is 9.59 Å². The Balaban J connectivity index is 3.57. The molecule has 0 spiro atoms. The normalized spacial score (nSPS) is 12.2. The smallest absolute Gasteiger partial charge is 0.316 e. The van der Waals surface area contributed by atoms with E-state index in [4.69, 9.17) is 0 Å². The van der Waals surface area contributed by atoms with Gasteiger partial charge in [-0.25, -0.2) is 0 Å². The van der Waals surface area contributed by atoms with Crippen molar-refractivity contribution >= 4 is 11.9 Å². The minimum absolute atomic E-state index is 0.157. The lowest BCUT2D eigenvalue weighted by Crippen LogP contribution is -2.17. The highest BCUT2D eigenvalue weighted by atomic mass is 16.6. The van der Waals surface area contributed by atoms with Gasteiger partial charge >= 0.3 is 11.9 Å². The van der Waals surface area contributed by atoms with Crippen LogP contribution in [0, 0.1) is 5.92 Å². The van der Waals surface area contributed by atoms with Crippen LogP contribution in [0.25, 0.3) is 0 Å². The fourth-order valence-electron chi connectivity index (χ4n) is 1.24. The molecule has 0 aromatic carbocycles. The first kappa shape index (κ1) is 13.1. The maximum Gasteiger partial charge on any atom is 0.316 e. The van der Waals surface area contributed by atoms with Gasteiger partial charge in [0.25, 0.3) is 0 Å². The molecule has 0 aliphatic carbocycles. The predicted molar refractivity (Wildman–Crippen MR) is 54.7 cm³/mol. The Bertz CT molecular complexity index is 187. The van der Waals surface area contributed by atoms with Gasteiger partial charge in [-0.05, 0) is 6.42 Å². The number of unbranched alkanes of at least 4 members (excludes halogenated alkanes) is 3. The van der Waals surface area contributed by atoms with E-state index in [0.717, 1.165) is 19.3 Å². The zero-order valence-electron chi connectivity index (χ0n) is 9.34. The summed E-state index contributed by atoms with van der Waals surface area (Å²) in [5.41, 5.74) is 0. The molecule has 0 aromatic rings. The van der Waals surface area contributed by atoms with Crippen molar-refractivity contribution in [2.75, 3.05) is 0 Å². The van der Waals surface area contributed by atoms with Gasteiger partial charge in [-0.2, -0.15) is 0 Å². The Morgan fingerprint density at radius 3 is 2.36 bits per heavy atom. The Kier molecular flexibility index (Phi) is 7.07. The summed E-state index contributed by atoms with van der Waals surface area (Å²) in [7, 11) is 0. The van der Waals surface area contributed by atoms with Crippen molar-refractivity contribution < 1.29 is 14.3 Å². The molecule has 1 atom stereocenters. The molecule has 0 aliphatic heterocycles. The van der Waals surface area contributed by atoms with Gasteiger partial charge < -0.3 is 4.74 Å². The van der Waals surface area contributed by atoms with E-state index in [1.54, 1.807) is 6.92 Å². The minimum Gasteiger partial charge on any atom is -0.393 e. The summed E-state index contributed by atoms with van der Waals surface area (Å²) >= 11 is 0. The molecular formula is C11H20O3. The molecule has 3 nitrogen and oxygen atoms in total. The Hall–Kier alpha value is -0.860. The molecule has 0 fully saturated rings. The number of esters is 2. The first-order valence-electron chi connectivity index (χ1n) is 5.30. The lowest BCUT2D eigenvalue weighted by molar-refractivity contribution is -0.160. The van der Waals surface area contributed by atoms with Crippen molar-refractivity contribution in [3.63, 3.8) is 0 Å². The third-order valence-corrected chi connectivity index (χ3v) is 2.14. The summed E-state index contributed by atoms with van der Waals surface area (Å²) < 4.78 is 4.49. The van der Waals surface area contributed by atoms with Gasteiger partial charge in [-0.15, -0.1) is 0 Å². The molecule has 1 unspecified atom stereocenters. The molecule has 0 saturated heterocycles. The SMILES string of the molecule is CCCCCCC(C)C(=O)OC(C)=O. The lowest BCUT2D eigenvalue weighted by Gasteiger charge is -2.08. The van der Waals surface area contributed by atoms with Crippen molar-refractivity contribution in [3.8, 4) is 0 Å². The van der Waals surface area contributed by atoms with Crippen molar-refractivity contribution in [1.29, 1.82) is 0 Å². The largest absolute Gasteiger partial charge is 0.393 e. The van der Waals surface area contributed by atoms with Gasteiger partial charge in [-0.1, -0.05) is 39.5 Å². The topological polar surface area (TPSA) is 43.4 Å². The van der Waals surface area contributed by atoms with Crippen LogP contribution in [0.15, 0.2) is 0 Å². The van der Waals surface area contributed by atoms with Crippen LogP contribution in [0.5, 0.6) is 0 Å². The van der Waals surface area contributed by atoms with E-state index < -0.39 is 11.9 Å². The fourth-order valence-corrected chi connectivity index (χ4v) is 1.24. The summed E-state index contributed by atoms with van der Waals surface area (Å²) in [4.78, 5) is 21.7. The monoisotopic (exact) mass is 200 g/mol. The standard InChI is InChI=1S/C11H20O3/c1-4-5-6-7-8-9(2)11(13)14-10(3)12/h9H,4-8H2,1-3H3. The summed E-state index contributed by atoms with van der Waals surface area (Å²) in [5.74, 6) is -1.07. The van der Waals surface area contributed by atoms with E-state index in [9.17, 15) is 9.59 Å². The average molecular weight is 200 g/mol. The Morgan fingerprint density at radius 1 is 1.21 bits per heavy atom. The molecule has 0 N–H and O–H groups in total. The molecule has 0 heterocycles. The second-order valence-electron chi connectivity index (χ2n) is 3.66. The number of carbonyl (C=O) groups excluding carboxylic acids is 2. The summed E-state index contributed by atoms with van der Waals surface area (Å²) in [5, 5.41) is 0. The molecule has 3 heteroatoms. The van der Waals surface area contributed by atoms with Gasteiger partial charge in [0.15, 0.2) is 0 Å². The molecule has 0 bridgehead atoms. The molecule has 0 rings (SSSR count). The molecule has 0 amide bonds. The predicted octanol–water partition coefficient (Wildman–Crippen LogP) is 2.68. The quantitative estimate of drug-likeness (QED) is 0.376. The number of ether oxygens (including phenoxy) is 1. The van der Waals surface area contributed by atoms with Crippen molar-refractivity contribution in [1.82, 2.24) is 0 Å². The molecular weight excluding hydrogens is 180 g/mol. The van der Waals surface area contributed by atoms with Crippen LogP contribution in [0.4, 0.5) is 0 Å². The van der Waals surface area contributed by atoms with Gasteiger partial charge in [0.2, 0.25) is 0 Å².